The number of anilines is 1. The van der Waals surface area contributed by atoms with Gasteiger partial charge < -0.3 is 5.32 Å². The van der Waals surface area contributed by atoms with E-state index < -0.39 is 10.0 Å². The molecule has 0 aliphatic carbocycles. The second kappa shape index (κ2) is 7.13. The smallest absolute Gasteiger partial charge is 0.261 e. The molecule has 5 nitrogen and oxygen atoms in total. The molecule has 118 valence electrons. The third-order valence-electron chi connectivity index (χ3n) is 2.86. The summed E-state index contributed by atoms with van der Waals surface area (Å²) in [6, 6.07) is 10.0. The number of sulfonamides is 1. The summed E-state index contributed by atoms with van der Waals surface area (Å²) in [5.41, 5.74) is 0.511. The first kappa shape index (κ1) is 16.8. The van der Waals surface area contributed by atoms with Gasteiger partial charge in [-0.1, -0.05) is 17.7 Å². The molecule has 0 saturated heterocycles. The fourth-order valence-electron chi connectivity index (χ4n) is 1.86. The van der Waals surface area contributed by atoms with Gasteiger partial charge in [0.05, 0.1) is 23.4 Å². The predicted molar refractivity (Wildman–Crippen MR) is 90.3 cm³/mol. The fourth-order valence-corrected chi connectivity index (χ4v) is 3.55. The van der Waals surface area contributed by atoms with Crippen LogP contribution in [0, 0.1) is 0 Å². The highest BCUT2D eigenvalue weighted by Crippen LogP contribution is 2.20. The Labute approximate surface area is 138 Å². The van der Waals surface area contributed by atoms with Crippen LogP contribution in [-0.4, -0.2) is 33.7 Å². The molecule has 0 aliphatic heterocycles. The number of nitrogens with one attached hydrogen (secondary N) is 1. The molecule has 0 fully saturated rings. The number of halogens is 1. The zero-order valence-electron chi connectivity index (χ0n) is 11.8. The molecule has 0 saturated carbocycles. The molecular weight excluding hydrogens is 344 g/mol. The second-order valence-electron chi connectivity index (χ2n) is 4.54. The average molecular weight is 359 g/mol. The summed E-state index contributed by atoms with van der Waals surface area (Å²) in [5, 5.41) is 5.05. The highest BCUT2D eigenvalue weighted by Gasteiger charge is 2.17. The number of carbonyl (C=O) groups is 1. The van der Waals surface area contributed by atoms with Crippen molar-refractivity contribution in [2.75, 3.05) is 23.7 Å². The Kier molecular flexibility index (Phi) is 5.44. The largest absolute Gasteiger partial charge is 0.350 e. The Bertz CT molecular complexity index is 728. The zero-order valence-corrected chi connectivity index (χ0v) is 14.2. The zero-order chi connectivity index (χ0) is 16.2. The Balaban J connectivity index is 2.02. The minimum Gasteiger partial charge on any atom is -0.350 e. The summed E-state index contributed by atoms with van der Waals surface area (Å²) in [4.78, 5) is 12.4. The molecule has 1 aromatic heterocycles. The van der Waals surface area contributed by atoms with E-state index in [1.807, 2.05) is 5.38 Å². The number of nitrogens with zero attached hydrogens (tertiary/aromatic N) is 1. The SMILES string of the molecule is CS(=O)(=O)N(CCNC(=O)c1cccs1)c1ccc(Cl)cc1. The van der Waals surface area contributed by atoms with Gasteiger partial charge in [0, 0.05) is 11.6 Å². The molecular formula is C14H15ClN2O3S2. The molecule has 0 unspecified atom stereocenters. The minimum atomic E-state index is -3.44. The van der Waals surface area contributed by atoms with Gasteiger partial charge in [-0.25, -0.2) is 8.42 Å². The number of rotatable bonds is 6. The topological polar surface area (TPSA) is 66.5 Å². The summed E-state index contributed by atoms with van der Waals surface area (Å²) in [6.45, 7) is 0.365. The maximum absolute atomic E-state index is 11.9. The van der Waals surface area contributed by atoms with Crippen LogP contribution >= 0.6 is 22.9 Å². The molecule has 0 spiro atoms. The molecule has 1 N–H and O–H groups in total. The first-order chi connectivity index (χ1) is 10.4. The molecule has 1 amide bonds. The first-order valence-corrected chi connectivity index (χ1v) is 9.53. The maximum atomic E-state index is 11.9. The summed E-state index contributed by atoms with van der Waals surface area (Å²) in [5.74, 6) is -0.209. The highest BCUT2D eigenvalue weighted by molar-refractivity contribution is 7.92. The van der Waals surface area contributed by atoms with E-state index in [9.17, 15) is 13.2 Å². The van der Waals surface area contributed by atoms with Gasteiger partial charge in [0.25, 0.3) is 5.91 Å². The standard InChI is InChI=1S/C14H15ClN2O3S2/c1-22(19,20)17(12-6-4-11(15)5-7-12)9-8-16-14(18)13-3-2-10-21-13/h2-7,10H,8-9H2,1H3,(H,16,18). The van der Waals surface area contributed by atoms with Gasteiger partial charge in [-0.15, -0.1) is 11.3 Å². The number of benzene rings is 1. The van der Waals surface area contributed by atoms with Gasteiger partial charge in [-0.2, -0.15) is 0 Å². The van der Waals surface area contributed by atoms with E-state index in [0.29, 0.717) is 15.6 Å². The van der Waals surface area contributed by atoms with Crippen LogP contribution in [0.5, 0.6) is 0 Å². The summed E-state index contributed by atoms with van der Waals surface area (Å²) in [6.07, 6.45) is 1.13. The molecule has 8 heteroatoms. The lowest BCUT2D eigenvalue weighted by atomic mass is 10.3. The highest BCUT2D eigenvalue weighted by atomic mass is 35.5. The normalized spacial score (nSPS) is 11.2. The van der Waals surface area contributed by atoms with Crippen LogP contribution in [0.2, 0.25) is 5.02 Å². The van der Waals surface area contributed by atoms with Gasteiger partial charge in [0.1, 0.15) is 0 Å². The summed E-state index contributed by atoms with van der Waals surface area (Å²) in [7, 11) is -3.44. The number of hydrogen-bond acceptors (Lipinski definition) is 4. The van der Waals surface area contributed by atoms with Crippen LogP contribution in [-0.2, 0) is 10.0 Å². The minimum absolute atomic E-state index is 0.150. The van der Waals surface area contributed by atoms with Crippen molar-refractivity contribution >= 4 is 44.6 Å². The fraction of sp³-hybridized carbons (Fsp3) is 0.214. The summed E-state index contributed by atoms with van der Waals surface area (Å²) < 4.78 is 25.0. The van der Waals surface area contributed by atoms with Crippen molar-refractivity contribution in [2.45, 2.75) is 0 Å². The van der Waals surface area contributed by atoms with Gasteiger partial charge in [-0.05, 0) is 35.7 Å². The third kappa shape index (κ3) is 4.46. The quantitative estimate of drug-likeness (QED) is 0.863. The number of amides is 1. The van der Waals surface area contributed by atoms with Crippen LogP contribution in [0.3, 0.4) is 0 Å². The van der Waals surface area contributed by atoms with E-state index >= 15 is 0 Å². The number of carbonyl (C=O) groups excluding carboxylic acids is 1. The van der Waals surface area contributed by atoms with Gasteiger partial charge >= 0.3 is 0 Å². The average Bonchev–Trinajstić information content (AvgIpc) is 2.97. The van der Waals surface area contributed by atoms with Crippen LogP contribution in [0.15, 0.2) is 41.8 Å². The summed E-state index contributed by atoms with van der Waals surface area (Å²) >= 11 is 7.14. The Morgan fingerprint density at radius 3 is 2.50 bits per heavy atom. The lowest BCUT2D eigenvalue weighted by Gasteiger charge is -2.22. The van der Waals surface area contributed by atoms with E-state index in [-0.39, 0.29) is 19.0 Å². The lowest BCUT2D eigenvalue weighted by molar-refractivity contribution is 0.0959. The molecule has 0 bridgehead atoms. The molecule has 0 atom stereocenters. The van der Waals surface area contributed by atoms with Crippen LogP contribution in [0.1, 0.15) is 9.67 Å². The van der Waals surface area contributed by atoms with Crippen molar-refractivity contribution in [3.8, 4) is 0 Å². The lowest BCUT2D eigenvalue weighted by Crippen LogP contribution is -2.38. The first-order valence-electron chi connectivity index (χ1n) is 6.43. The van der Waals surface area contributed by atoms with Crippen molar-refractivity contribution in [1.82, 2.24) is 5.32 Å². The van der Waals surface area contributed by atoms with Crippen molar-refractivity contribution in [1.29, 1.82) is 0 Å². The molecule has 1 heterocycles. The molecule has 2 aromatic rings. The monoisotopic (exact) mass is 358 g/mol. The van der Waals surface area contributed by atoms with Gasteiger partial charge in [0.2, 0.25) is 10.0 Å². The Hall–Kier alpha value is -1.57. The number of hydrogen-bond donors (Lipinski definition) is 1. The van der Waals surface area contributed by atoms with E-state index in [4.69, 9.17) is 11.6 Å². The van der Waals surface area contributed by atoms with E-state index in [1.165, 1.54) is 15.6 Å². The van der Waals surface area contributed by atoms with Crippen LogP contribution in [0.25, 0.3) is 0 Å². The molecule has 0 aliphatic rings. The molecule has 2 rings (SSSR count). The van der Waals surface area contributed by atoms with E-state index in [2.05, 4.69) is 5.32 Å². The number of thiophene rings is 1. The Morgan fingerprint density at radius 2 is 1.95 bits per heavy atom. The van der Waals surface area contributed by atoms with Crippen molar-refractivity contribution < 1.29 is 13.2 Å². The maximum Gasteiger partial charge on any atom is 0.261 e. The van der Waals surface area contributed by atoms with Crippen LogP contribution in [0.4, 0.5) is 5.69 Å². The molecule has 1 aromatic carbocycles. The van der Waals surface area contributed by atoms with E-state index in [1.54, 1.807) is 36.4 Å². The van der Waals surface area contributed by atoms with Crippen molar-refractivity contribution in [3.05, 3.63) is 51.7 Å². The van der Waals surface area contributed by atoms with E-state index in [0.717, 1.165) is 6.26 Å². The van der Waals surface area contributed by atoms with Gasteiger partial charge in [-0.3, -0.25) is 9.10 Å². The second-order valence-corrected chi connectivity index (χ2v) is 7.84. The van der Waals surface area contributed by atoms with Crippen molar-refractivity contribution in [3.63, 3.8) is 0 Å². The molecule has 0 radical (unpaired) electrons. The predicted octanol–water partition coefficient (Wildman–Crippen LogP) is 2.60. The molecule has 22 heavy (non-hydrogen) atoms. The van der Waals surface area contributed by atoms with Crippen molar-refractivity contribution in [2.24, 2.45) is 0 Å². The Morgan fingerprint density at radius 1 is 1.27 bits per heavy atom. The van der Waals surface area contributed by atoms with Gasteiger partial charge in [0.15, 0.2) is 0 Å². The van der Waals surface area contributed by atoms with Crippen LogP contribution < -0.4 is 9.62 Å². The third-order valence-corrected chi connectivity index (χ3v) is 5.18.